The number of hydrogen-bond acceptors (Lipinski definition) is 7. The van der Waals surface area contributed by atoms with Crippen LogP contribution in [-0.2, 0) is 5.75 Å². The molecule has 6 rings (SSSR count). The van der Waals surface area contributed by atoms with Crippen molar-refractivity contribution in [3.8, 4) is 10.4 Å². The average Bonchev–Trinajstić information content (AvgIpc) is 3.40. The van der Waals surface area contributed by atoms with Crippen LogP contribution in [0.4, 0.5) is 0 Å². The van der Waals surface area contributed by atoms with Crippen LogP contribution < -0.4 is 5.56 Å². The van der Waals surface area contributed by atoms with Gasteiger partial charge in [-0.2, -0.15) is 0 Å². The number of H-pyrrole nitrogens is 1. The van der Waals surface area contributed by atoms with Gasteiger partial charge < -0.3 is 9.40 Å². The number of para-hydroxylation sites is 1. The van der Waals surface area contributed by atoms with Gasteiger partial charge in [0.15, 0.2) is 0 Å². The molecule has 0 saturated heterocycles. The zero-order valence-electron chi connectivity index (χ0n) is 17.0. The third-order valence-electron chi connectivity index (χ3n) is 5.15. The average molecular weight is 457 g/mol. The molecule has 0 unspecified atom stereocenters. The van der Waals surface area contributed by atoms with E-state index in [9.17, 15) is 4.79 Å². The van der Waals surface area contributed by atoms with Crippen molar-refractivity contribution in [1.29, 1.82) is 0 Å². The van der Waals surface area contributed by atoms with Gasteiger partial charge in [-0.25, -0.2) is 15.0 Å². The van der Waals surface area contributed by atoms with Gasteiger partial charge in [0.25, 0.3) is 5.56 Å². The molecule has 0 saturated carbocycles. The van der Waals surface area contributed by atoms with Crippen molar-refractivity contribution in [1.82, 2.24) is 19.9 Å². The van der Waals surface area contributed by atoms with Crippen LogP contribution in [0.15, 0.2) is 74.9 Å². The third kappa shape index (κ3) is 3.28. The number of hydrogen-bond donors (Lipinski definition) is 1. The highest BCUT2D eigenvalue weighted by Crippen LogP contribution is 2.37. The molecule has 0 atom stereocenters. The molecule has 2 aromatic carbocycles. The maximum Gasteiger partial charge on any atom is 0.294 e. The largest absolute Gasteiger partial charge is 0.449 e. The molecule has 1 N–H and O–H groups in total. The topological polar surface area (TPSA) is 84.7 Å². The molecule has 6 nitrogen and oxygen atoms in total. The molecule has 0 bridgehead atoms. The fraction of sp³-hybridized carbons (Fsp3) is 0.0833. The number of aromatic nitrogens is 4. The van der Waals surface area contributed by atoms with Crippen LogP contribution in [0.3, 0.4) is 0 Å². The summed E-state index contributed by atoms with van der Waals surface area (Å²) in [6.45, 7) is 1.90. The second-order valence-corrected chi connectivity index (χ2v) is 9.34. The number of nitrogens with zero attached hydrogens (tertiary/aromatic N) is 3. The molecule has 0 fully saturated rings. The molecule has 0 radical (unpaired) electrons. The predicted octanol–water partition coefficient (Wildman–Crippen LogP) is 5.94. The van der Waals surface area contributed by atoms with E-state index in [-0.39, 0.29) is 11.1 Å². The Labute approximate surface area is 190 Å². The zero-order valence-corrected chi connectivity index (χ0v) is 18.6. The number of furan rings is 1. The number of benzene rings is 2. The van der Waals surface area contributed by atoms with Crippen LogP contribution in [0.1, 0.15) is 11.6 Å². The Morgan fingerprint density at radius 1 is 1.00 bits per heavy atom. The molecular formula is C24H16N4O2S2. The first kappa shape index (κ1) is 19.2. The monoisotopic (exact) mass is 456 g/mol. The van der Waals surface area contributed by atoms with Gasteiger partial charge in [-0.1, -0.05) is 54.2 Å². The molecule has 0 spiro atoms. The number of thiophene rings is 1. The van der Waals surface area contributed by atoms with Crippen molar-refractivity contribution < 1.29 is 4.42 Å². The highest BCUT2D eigenvalue weighted by molar-refractivity contribution is 7.98. The van der Waals surface area contributed by atoms with Crippen LogP contribution >= 0.6 is 23.1 Å². The molecular weight excluding hydrogens is 440 g/mol. The van der Waals surface area contributed by atoms with E-state index in [4.69, 9.17) is 4.42 Å². The Morgan fingerprint density at radius 2 is 1.81 bits per heavy atom. The summed E-state index contributed by atoms with van der Waals surface area (Å²) in [4.78, 5) is 31.5. The van der Waals surface area contributed by atoms with E-state index >= 15 is 0 Å². The molecule has 4 heterocycles. The van der Waals surface area contributed by atoms with Crippen LogP contribution in [0.25, 0.3) is 42.7 Å². The summed E-state index contributed by atoms with van der Waals surface area (Å²) in [6, 6.07) is 19.9. The standard InChI is InChI=1S/C24H16N4O2S2/c1-13-25-23(16-11-18(32-24(16)26-13)14-7-3-2-4-8-14)31-12-19-27-20-15-9-5-6-10-17(15)30-21(20)22(29)28-19/h2-11H,12H2,1H3,(H,27,28,29). The molecule has 32 heavy (non-hydrogen) atoms. The quantitative estimate of drug-likeness (QED) is 0.261. The summed E-state index contributed by atoms with van der Waals surface area (Å²) in [7, 11) is 0. The number of rotatable bonds is 4. The van der Waals surface area contributed by atoms with Crippen molar-refractivity contribution in [3.05, 3.63) is 82.7 Å². The highest BCUT2D eigenvalue weighted by Gasteiger charge is 2.15. The summed E-state index contributed by atoms with van der Waals surface area (Å²) >= 11 is 3.20. The van der Waals surface area contributed by atoms with E-state index < -0.39 is 0 Å². The third-order valence-corrected chi connectivity index (χ3v) is 7.23. The predicted molar refractivity (Wildman–Crippen MR) is 129 cm³/mol. The second kappa shape index (κ2) is 7.58. The minimum Gasteiger partial charge on any atom is -0.449 e. The lowest BCUT2D eigenvalue weighted by molar-refractivity contribution is 0.660. The van der Waals surface area contributed by atoms with E-state index in [0.29, 0.717) is 22.7 Å². The molecule has 0 aliphatic heterocycles. The number of aryl methyl sites for hydroxylation is 1. The molecule has 4 aromatic heterocycles. The maximum absolute atomic E-state index is 12.6. The number of nitrogens with one attached hydrogen (secondary N) is 1. The lowest BCUT2D eigenvalue weighted by atomic mass is 10.2. The van der Waals surface area contributed by atoms with Crippen LogP contribution in [0, 0.1) is 6.92 Å². The first-order valence-corrected chi connectivity index (χ1v) is 11.8. The van der Waals surface area contributed by atoms with E-state index in [0.717, 1.165) is 36.9 Å². The number of thioether (sulfide) groups is 1. The van der Waals surface area contributed by atoms with Crippen molar-refractivity contribution in [2.45, 2.75) is 17.7 Å². The summed E-state index contributed by atoms with van der Waals surface area (Å²) < 4.78 is 5.69. The first-order chi connectivity index (χ1) is 15.7. The van der Waals surface area contributed by atoms with Gasteiger partial charge in [-0.15, -0.1) is 11.3 Å². The normalized spacial score (nSPS) is 11.7. The summed E-state index contributed by atoms with van der Waals surface area (Å²) in [5.41, 5.74) is 2.39. The SMILES string of the molecule is Cc1nc(SCc2nc3c(oc4ccccc43)c(=O)[nH]2)c2cc(-c3ccccc3)sc2n1. The van der Waals surface area contributed by atoms with Crippen molar-refractivity contribution in [2.75, 3.05) is 0 Å². The second-order valence-electron chi connectivity index (χ2n) is 7.35. The fourth-order valence-corrected chi connectivity index (χ4v) is 5.77. The molecule has 0 aliphatic rings. The zero-order chi connectivity index (χ0) is 21.7. The maximum atomic E-state index is 12.6. The van der Waals surface area contributed by atoms with Gasteiger partial charge in [0.05, 0.1) is 5.75 Å². The fourth-order valence-electron chi connectivity index (χ4n) is 3.70. The minimum absolute atomic E-state index is 0.255. The summed E-state index contributed by atoms with van der Waals surface area (Å²) in [6.07, 6.45) is 0. The summed E-state index contributed by atoms with van der Waals surface area (Å²) in [5, 5.41) is 2.73. The summed E-state index contributed by atoms with van der Waals surface area (Å²) in [5.74, 6) is 1.79. The van der Waals surface area contributed by atoms with E-state index in [1.807, 2.05) is 49.4 Å². The Morgan fingerprint density at radius 3 is 2.69 bits per heavy atom. The van der Waals surface area contributed by atoms with Gasteiger partial charge in [-0.05, 0) is 30.7 Å². The Bertz CT molecular complexity index is 1670. The molecule has 0 aliphatic carbocycles. The van der Waals surface area contributed by atoms with Crippen LogP contribution in [0.5, 0.6) is 0 Å². The lowest BCUT2D eigenvalue weighted by Crippen LogP contribution is -2.10. The van der Waals surface area contributed by atoms with Crippen LogP contribution in [-0.4, -0.2) is 19.9 Å². The van der Waals surface area contributed by atoms with E-state index in [1.54, 1.807) is 23.1 Å². The Kier molecular flexibility index (Phi) is 4.55. The smallest absolute Gasteiger partial charge is 0.294 e. The van der Waals surface area contributed by atoms with Gasteiger partial charge in [0.2, 0.25) is 5.58 Å². The molecule has 0 amide bonds. The molecule has 156 valence electrons. The number of fused-ring (bicyclic) bond motifs is 4. The number of aromatic amines is 1. The van der Waals surface area contributed by atoms with E-state index in [1.165, 1.54) is 0 Å². The van der Waals surface area contributed by atoms with Gasteiger partial charge in [0.1, 0.15) is 32.6 Å². The van der Waals surface area contributed by atoms with Crippen molar-refractivity contribution in [3.63, 3.8) is 0 Å². The van der Waals surface area contributed by atoms with Crippen molar-refractivity contribution in [2.24, 2.45) is 0 Å². The first-order valence-electron chi connectivity index (χ1n) is 10.0. The highest BCUT2D eigenvalue weighted by atomic mass is 32.2. The van der Waals surface area contributed by atoms with Crippen LogP contribution in [0.2, 0.25) is 0 Å². The Hall–Kier alpha value is -3.49. The molecule has 6 aromatic rings. The van der Waals surface area contributed by atoms with Crippen molar-refractivity contribution >= 4 is 55.4 Å². The van der Waals surface area contributed by atoms with Gasteiger partial charge >= 0.3 is 0 Å². The Balaban J connectivity index is 1.38. The molecule has 8 heteroatoms. The minimum atomic E-state index is -0.271. The lowest BCUT2D eigenvalue weighted by Gasteiger charge is -2.04. The van der Waals surface area contributed by atoms with E-state index in [2.05, 4.69) is 38.1 Å². The van der Waals surface area contributed by atoms with Gasteiger partial charge in [-0.3, -0.25) is 4.79 Å². The van der Waals surface area contributed by atoms with Gasteiger partial charge in [0, 0.05) is 15.6 Å².